The van der Waals surface area contributed by atoms with Crippen molar-refractivity contribution in [2.45, 2.75) is 6.54 Å². The van der Waals surface area contributed by atoms with E-state index in [1.165, 1.54) is 30.5 Å². The molecule has 0 aliphatic heterocycles. The number of carbonyl (C=O) groups is 2. The number of esters is 1. The molecule has 0 unspecified atom stereocenters. The fourth-order valence-corrected chi connectivity index (χ4v) is 2.93. The van der Waals surface area contributed by atoms with E-state index in [0.29, 0.717) is 16.3 Å². The van der Waals surface area contributed by atoms with E-state index in [4.69, 9.17) is 32.4 Å². The minimum absolute atomic E-state index is 0.0701. The van der Waals surface area contributed by atoms with Gasteiger partial charge in [-0.15, -0.1) is 0 Å². The highest BCUT2D eigenvalue weighted by Crippen LogP contribution is 2.23. The second-order valence-corrected chi connectivity index (χ2v) is 6.86. The number of hydrogen-bond acceptors (Lipinski definition) is 5. The SMILES string of the molecule is N#C/C(=C\c1ccc(OC(=O)c2ccc(Cl)cc2Cl)cc1)C(=O)NCc1ccco1. The third-order valence-corrected chi connectivity index (χ3v) is 4.47. The van der Waals surface area contributed by atoms with Gasteiger partial charge in [0.25, 0.3) is 5.91 Å². The Balaban J connectivity index is 1.65. The Morgan fingerprint density at radius 2 is 1.90 bits per heavy atom. The molecule has 0 saturated carbocycles. The largest absolute Gasteiger partial charge is 0.467 e. The first kappa shape index (κ1) is 21.2. The molecule has 0 radical (unpaired) electrons. The van der Waals surface area contributed by atoms with E-state index in [2.05, 4.69) is 5.32 Å². The zero-order chi connectivity index (χ0) is 21.5. The van der Waals surface area contributed by atoms with Gasteiger partial charge in [0, 0.05) is 5.02 Å². The Bertz CT molecular complexity index is 1130. The Morgan fingerprint density at radius 3 is 2.53 bits per heavy atom. The molecule has 0 spiro atoms. The summed E-state index contributed by atoms with van der Waals surface area (Å²) in [6, 6.07) is 16.1. The molecular formula is C22H14Cl2N2O4. The zero-order valence-electron chi connectivity index (χ0n) is 15.4. The fraction of sp³-hybridized carbons (Fsp3) is 0.0455. The number of nitrogens with zero attached hydrogens (tertiary/aromatic N) is 1. The average Bonchev–Trinajstić information content (AvgIpc) is 3.25. The van der Waals surface area contributed by atoms with Crippen molar-refractivity contribution >= 4 is 41.2 Å². The highest BCUT2D eigenvalue weighted by atomic mass is 35.5. The number of amides is 1. The normalized spacial score (nSPS) is 10.9. The van der Waals surface area contributed by atoms with Crippen LogP contribution in [0.4, 0.5) is 0 Å². The summed E-state index contributed by atoms with van der Waals surface area (Å²) in [6.45, 7) is 0.174. The summed E-state index contributed by atoms with van der Waals surface area (Å²) in [7, 11) is 0. The van der Waals surface area contributed by atoms with Crippen molar-refractivity contribution in [1.29, 1.82) is 5.26 Å². The van der Waals surface area contributed by atoms with E-state index < -0.39 is 11.9 Å². The van der Waals surface area contributed by atoms with E-state index in [9.17, 15) is 14.9 Å². The number of rotatable bonds is 6. The van der Waals surface area contributed by atoms with Crippen molar-refractivity contribution in [2.75, 3.05) is 0 Å². The Labute approximate surface area is 182 Å². The molecule has 0 aliphatic rings. The standard InChI is InChI=1S/C22H14Cl2N2O4/c23-16-5-8-19(20(24)11-16)22(28)30-17-6-3-14(4-7-17)10-15(12-25)21(27)26-13-18-2-1-9-29-18/h1-11H,13H2,(H,26,27)/b15-10+. The molecular weight excluding hydrogens is 427 g/mol. The van der Waals surface area contributed by atoms with Crippen LogP contribution in [0.1, 0.15) is 21.7 Å². The van der Waals surface area contributed by atoms with Crippen LogP contribution in [-0.4, -0.2) is 11.9 Å². The predicted octanol–water partition coefficient (Wildman–Crippen LogP) is 5.03. The van der Waals surface area contributed by atoms with Crippen LogP contribution in [0.3, 0.4) is 0 Å². The van der Waals surface area contributed by atoms with Crippen molar-refractivity contribution < 1.29 is 18.7 Å². The minimum atomic E-state index is -0.630. The lowest BCUT2D eigenvalue weighted by Gasteiger charge is -2.07. The molecule has 8 heteroatoms. The number of halogens is 2. The van der Waals surface area contributed by atoms with Crippen molar-refractivity contribution in [3.63, 3.8) is 0 Å². The molecule has 0 bridgehead atoms. The van der Waals surface area contributed by atoms with Gasteiger partial charge in [0.1, 0.15) is 23.2 Å². The molecule has 1 heterocycles. The maximum atomic E-state index is 12.2. The third kappa shape index (κ3) is 5.51. The van der Waals surface area contributed by atoms with Crippen LogP contribution >= 0.6 is 23.2 Å². The number of ether oxygens (including phenoxy) is 1. The number of hydrogen-bond donors (Lipinski definition) is 1. The highest BCUT2D eigenvalue weighted by Gasteiger charge is 2.14. The molecule has 30 heavy (non-hydrogen) atoms. The molecule has 1 aromatic heterocycles. The smallest absolute Gasteiger partial charge is 0.345 e. The summed E-state index contributed by atoms with van der Waals surface area (Å²) < 4.78 is 10.4. The lowest BCUT2D eigenvalue weighted by Crippen LogP contribution is -2.23. The molecule has 1 amide bonds. The fourth-order valence-electron chi connectivity index (χ4n) is 2.44. The third-order valence-electron chi connectivity index (χ3n) is 3.92. The molecule has 0 fully saturated rings. The molecule has 3 rings (SSSR count). The molecule has 1 N–H and O–H groups in total. The molecule has 3 aromatic rings. The first-order chi connectivity index (χ1) is 14.5. The van der Waals surface area contributed by atoms with Crippen molar-refractivity contribution in [3.8, 4) is 11.8 Å². The Hall–Kier alpha value is -3.53. The number of nitrogens with one attached hydrogen (secondary N) is 1. The van der Waals surface area contributed by atoms with Crippen LogP contribution in [0, 0.1) is 11.3 Å². The van der Waals surface area contributed by atoms with E-state index in [1.54, 1.807) is 36.4 Å². The topological polar surface area (TPSA) is 92.3 Å². The number of furan rings is 1. The highest BCUT2D eigenvalue weighted by molar-refractivity contribution is 6.36. The number of benzene rings is 2. The second kappa shape index (κ2) is 9.79. The monoisotopic (exact) mass is 440 g/mol. The van der Waals surface area contributed by atoms with Crippen LogP contribution < -0.4 is 10.1 Å². The van der Waals surface area contributed by atoms with Gasteiger partial charge < -0.3 is 14.5 Å². The minimum Gasteiger partial charge on any atom is -0.467 e. The number of nitriles is 1. The first-order valence-electron chi connectivity index (χ1n) is 8.66. The maximum absolute atomic E-state index is 12.2. The van der Waals surface area contributed by atoms with Crippen LogP contribution in [0.25, 0.3) is 6.08 Å². The van der Waals surface area contributed by atoms with E-state index in [0.717, 1.165) is 0 Å². The van der Waals surface area contributed by atoms with Crippen molar-refractivity contribution in [3.05, 3.63) is 93.4 Å². The number of carbonyl (C=O) groups excluding carboxylic acids is 2. The van der Waals surface area contributed by atoms with Gasteiger partial charge in [-0.3, -0.25) is 4.79 Å². The lowest BCUT2D eigenvalue weighted by molar-refractivity contribution is -0.117. The summed E-state index contributed by atoms with van der Waals surface area (Å²) in [5.41, 5.74) is 0.702. The molecule has 6 nitrogen and oxygen atoms in total. The van der Waals surface area contributed by atoms with Crippen molar-refractivity contribution in [1.82, 2.24) is 5.32 Å². The van der Waals surface area contributed by atoms with E-state index >= 15 is 0 Å². The molecule has 0 atom stereocenters. The Kier molecular flexibility index (Phi) is 6.91. The van der Waals surface area contributed by atoms with Gasteiger partial charge in [0.15, 0.2) is 0 Å². The summed E-state index contributed by atoms with van der Waals surface area (Å²) >= 11 is 11.8. The van der Waals surface area contributed by atoms with E-state index in [1.807, 2.05) is 6.07 Å². The van der Waals surface area contributed by atoms with Crippen LogP contribution in [0.2, 0.25) is 10.0 Å². The van der Waals surface area contributed by atoms with Crippen LogP contribution in [0.15, 0.2) is 70.9 Å². The molecule has 2 aromatic carbocycles. The second-order valence-electron chi connectivity index (χ2n) is 6.01. The Morgan fingerprint density at radius 1 is 1.13 bits per heavy atom. The van der Waals surface area contributed by atoms with Gasteiger partial charge in [-0.05, 0) is 54.1 Å². The van der Waals surface area contributed by atoms with Gasteiger partial charge >= 0.3 is 5.97 Å². The summed E-state index contributed by atoms with van der Waals surface area (Å²) in [4.78, 5) is 24.4. The summed E-state index contributed by atoms with van der Waals surface area (Å²) in [5, 5.41) is 12.5. The van der Waals surface area contributed by atoms with Crippen LogP contribution in [0.5, 0.6) is 5.75 Å². The van der Waals surface area contributed by atoms with Gasteiger partial charge in [-0.1, -0.05) is 35.3 Å². The molecule has 150 valence electrons. The lowest BCUT2D eigenvalue weighted by atomic mass is 10.1. The quantitative estimate of drug-likeness (QED) is 0.251. The summed E-state index contributed by atoms with van der Waals surface area (Å²) in [5.74, 6) is -0.298. The zero-order valence-corrected chi connectivity index (χ0v) is 16.9. The van der Waals surface area contributed by atoms with Crippen molar-refractivity contribution in [2.24, 2.45) is 0 Å². The van der Waals surface area contributed by atoms with E-state index in [-0.39, 0.29) is 28.5 Å². The van der Waals surface area contributed by atoms with Gasteiger partial charge in [0.05, 0.1) is 23.4 Å². The summed E-state index contributed by atoms with van der Waals surface area (Å²) in [6.07, 6.45) is 2.93. The predicted molar refractivity (Wildman–Crippen MR) is 112 cm³/mol. The molecule has 0 aliphatic carbocycles. The molecule has 0 saturated heterocycles. The average molecular weight is 441 g/mol. The van der Waals surface area contributed by atoms with Gasteiger partial charge in [0.2, 0.25) is 0 Å². The first-order valence-corrected chi connectivity index (χ1v) is 9.41. The van der Waals surface area contributed by atoms with Gasteiger partial charge in [-0.25, -0.2) is 4.79 Å². The van der Waals surface area contributed by atoms with Gasteiger partial charge in [-0.2, -0.15) is 5.26 Å². The van der Waals surface area contributed by atoms with Crippen LogP contribution in [-0.2, 0) is 11.3 Å². The maximum Gasteiger partial charge on any atom is 0.345 e.